The minimum absolute atomic E-state index is 0.0267. The number of carbonyl (C=O) groups excluding carboxylic acids is 1. The van der Waals surface area contributed by atoms with Gasteiger partial charge in [0.1, 0.15) is 17.9 Å². The molecule has 3 aliphatic heterocycles. The fourth-order valence-electron chi connectivity index (χ4n) is 7.31. The van der Waals surface area contributed by atoms with E-state index in [9.17, 15) is 31.5 Å². The number of nitrogens with one attached hydrogen (secondary N) is 1. The second-order valence-electron chi connectivity index (χ2n) is 14.0. The minimum atomic E-state index is -3.85. The molecule has 4 heterocycles. The van der Waals surface area contributed by atoms with Crippen molar-refractivity contribution >= 4 is 21.9 Å². The molecule has 1 spiro atoms. The number of nitrogens with two attached hydrogens (primary N) is 1. The monoisotopic (exact) mass is 697 g/mol. The van der Waals surface area contributed by atoms with Gasteiger partial charge in [0.05, 0.1) is 24.9 Å². The maximum Gasteiger partial charge on any atom is 0.274 e. The number of aliphatic hydroxyl groups is 1. The molecule has 17 heteroatoms. The molecule has 0 bridgehead atoms. The van der Waals surface area contributed by atoms with E-state index in [0.717, 1.165) is 32.0 Å². The summed E-state index contributed by atoms with van der Waals surface area (Å²) in [5, 5.41) is 16.0. The summed E-state index contributed by atoms with van der Waals surface area (Å²) in [5.74, 6) is -4.55. The number of likely N-dealkylation sites (tertiary alicyclic amines) is 1. The number of aromatic nitrogens is 2. The molecule has 4 fully saturated rings. The molecule has 1 aliphatic carbocycles. The first-order valence-electron chi connectivity index (χ1n) is 16.1. The highest BCUT2D eigenvalue weighted by Gasteiger charge is 2.50. The molecule has 4 N–H and O–H groups in total. The summed E-state index contributed by atoms with van der Waals surface area (Å²) >= 11 is 0. The molecule has 264 valence electrons. The number of piperidine rings is 1. The van der Waals surface area contributed by atoms with E-state index in [-0.39, 0.29) is 41.5 Å². The summed E-state index contributed by atoms with van der Waals surface area (Å²) in [6.45, 7) is 6.70. The third-order valence-corrected chi connectivity index (χ3v) is 10.5. The van der Waals surface area contributed by atoms with Crippen LogP contribution in [0.25, 0.3) is 0 Å². The van der Waals surface area contributed by atoms with Gasteiger partial charge in [0.15, 0.2) is 17.4 Å². The van der Waals surface area contributed by atoms with E-state index in [2.05, 4.69) is 24.5 Å². The number of rotatable bonds is 10. The van der Waals surface area contributed by atoms with Crippen molar-refractivity contribution in [2.24, 2.45) is 10.6 Å². The predicted molar refractivity (Wildman–Crippen MR) is 168 cm³/mol. The summed E-state index contributed by atoms with van der Waals surface area (Å²) in [6, 6.07) is 2.06. The van der Waals surface area contributed by atoms with E-state index in [1.54, 1.807) is 13.8 Å². The number of hydrogen-bond acceptors (Lipinski definition) is 10. The second-order valence-corrected chi connectivity index (χ2v) is 15.3. The topological polar surface area (TPSA) is 163 Å². The summed E-state index contributed by atoms with van der Waals surface area (Å²) in [4.78, 5) is 27.8. The van der Waals surface area contributed by atoms with Crippen molar-refractivity contribution in [1.29, 1.82) is 0 Å². The Balaban J connectivity index is 1.07. The van der Waals surface area contributed by atoms with Crippen LogP contribution >= 0.6 is 0 Å². The van der Waals surface area contributed by atoms with E-state index < -0.39 is 58.6 Å². The number of amides is 1. The highest BCUT2D eigenvalue weighted by atomic mass is 32.2. The Morgan fingerprint density at radius 3 is 2.52 bits per heavy atom. The molecule has 2 aromatic rings. The zero-order chi connectivity index (χ0) is 34.5. The van der Waals surface area contributed by atoms with Crippen molar-refractivity contribution in [3.8, 4) is 11.5 Å². The molecule has 3 saturated heterocycles. The van der Waals surface area contributed by atoms with Gasteiger partial charge in [-0.1, -0.05) is 0 Å². The van der Waals surface area contributed by atoms with Gasteiger partial charge in [-0.15, -0.1) is 0 Å². The van der Waals surface area contributed by atoms with E-state index in [4.69, 9.17) is 14.6 Å². The lowest BCUT2D eigenvalue weighted by atomic mass is 9.72. The number of alkyl halides is 2. The van der Waals surface area contributed by atoms with Gasteiger partial charge < -0.3 is 24.4 Å². The maximum absolute atomic E-state index is 14.4. The molecule has 1 amide bonds. The molecule has 6 rings (SSSR count). The molecule has 0 unspecified atom stereocenters. The van der Waals surface area contributed by atoms with Crippen LogP contribution in [0.4, 0.5) is 19.0 Å². The quantitative estimate of drug-likeness (QED) is 0.337. The highest BCUT2D eigenvalue weighted by Crippen LogP contribution is 2.46. The van der Waals surface area contributed by atoms with Crippen LogP contribution in [0.5, 0.6) is 11.5 Å². The van der Waals surface area contributed by atoms with Gasteiger partial charge in [0, 0.05) is 55.9 Å². The van der Waals surface area contributed by atoms with Gasteiger partial charge >= 0.3 is 0 Å². The van der Waals surface area contributed by atoms with E-state index in [1.807, 2.05) is 0 Å². The lowest BCUT2D eigenvalue weighted by molar-refractivity contribution is -0.239. The molecule has 0 radical (unpaired) electrons. The number of halogens is 3. The van der Waals surface area contributed by atoms with Gasteiger partial charge in [-0.3, -0.25) is 9.69 Å². The number of hydrogen-bond donors (Lipinski definition) is 3. The lowest BCUT2D eigenvalue weighted by Gasteiger charge is -2.55. The Hall–Kier alpha value is -3.09. The summed E-state index contributed by atoms with van der Waals surface area (Å²) < 4.78 is 78.6. The van der Waals surface area contributed by atoms with Crippen LogP contribution in [0.3, 0.4) is 0 Å². The average Bonchev–Trinajstić information content (AvgIpc) is 2.97. The number of ether oxygens (including phenoxy) is 2. The molecule has 13 nitrogen and oxygen atoms in total. The van der Waals surface area contributed by atoms with Gasteiger partial charge in [-0.2, -0.15) is 13.1 Å². The Bertz CT molecular complexity index is 1600. The highest BCUT2D eigenvalue weighted by molar-refractivity contribution is 7.87. The standard InChI is InChI=1S/C31H42F3N7O6S/c1-20(2)41(23-12-30(33,34)13-23)28(42)24-11-21(32)3-4-25(24)47-26-14-36-19-37-27(26)40-16-29(17-40)7-9-39(10-8-29)18-31(43)6-5-22(15-46-31)38-48(35,44)45/h3-4,11,14,19-20,22-23,38,43H,5-10,12-13,15-18H2,1-2H3,(H2,35,44,45)/t22-,31-/m1/s1. The Morgan fingerprint density at radius 2 is 1.92 bits per heavy atom. The third-order valence-electron chi connectivity index (χ3n) is 9.81. The van der Waals surface area contributed by atoms with Crippen molar-refractivity contribution in [1.82, 2.24) is 24.5 Å². The zero-order valence-corrected chi connectivity index (χ0v) is 27.8. The van der Waals surface area contributed by atoms with Crippen molar-refractivity contribution in [2.75, 3.05) is 44.2 Å². The molecule has 1 aromatic carbocycles. The Labute approximate surface area is 277 Å². The number of benzene rings is 1. The van der Waals surface area contributed by atoms with E-state index >= 15 is 0 Å². The fraction of sp³-hybridized carbons (Fsp3) is 0.645. The summed E-state index contributed by atoms with van der Waals surface area (Å²) in [5.41, 5.74) is -0.0419. The van der Waals surface area contributed by atoms with Crippen LogP contribution in [0.1, 0.15) is 62.7 Å². The van der Waals surface area contributed by atoms with Crippen molar-refractivity contribution in [3.63, 3.8) is 0 Å². The number of carbonyl (C=O) groups is 1. The van der Waals surface area contributed by atoms with E-state index in [1.165, 1.54) is 29.6 Å². The van der Waals surface area contributed by atoms with Gasteiger partial charge in [-0.05, 0) is 64.4 Å². The first-order valence-corrected chi connectivity index (χ1v) is 17.7. The second kappa shape index (κ2) is 13.0. The average molecular weight is 698 g/mol. The fourth-order valence-corrected chi connectivity index (χ4v) is 7.96. The van der Waals surface area contributed by atoms with Crippen LogP contribution in [0.2, 0.25) is 0 Å². The first kappa shape index (κ1) is 34.8. The number of β-amino-alcohol motifs (C(OH)–C–C–N with tert-alkyl or cyclic N) is 1. The zero-order valence-electron chi connectivity index (χ0n) is 26.9. The Kier molecular flexibility index (Phi) is 9.40. The van der Waals surface area contributed by atoms with E-state index in [0.29, 0.717) is 31.9 Å². The van der Waals surface area contributed by atoms with Crippen molar-refractivity contribution in [2.45, 2.75) is 82.2 Å². The van der Waals surface area contributed by atoms with Crippen molar-refractivity contribution < 1.29 is 41.0 Å². The molecule has 4 aliphatic rings. The largest absolute Gasteiger partial charge is 0.451 e. The summed E-state index contributed by atoms with van der Waals surface area (Å²) in [6.07, 6.45) is 4.43. The molecular weight excluding hydrogens is 655 g/mol. The smallest absolute Gasteiger partial charge is 0.274 e. The SMILES string of the molecule is CC(C)N(C(=O)c1cc(F)ccc1Oc1cncnc1N1CC2(CCN(C[C@@]3(O)CC[C@@H](NS(N)(=O)=O)CO3)CC2)C1)C1CC(F)(F)C1. The van der Waals surface area contributed by atoms with Gasteiger partial charge in [0.25, 0.3) is 22.0 Å². The minimum Gasteiger partial charge on any atom is -0.451 e. The molecule has 1 saturated carbocycles. The van der Waals surface area contributed by atoms with Crippen molar-refractivity contribution in [3.05, 3.63) is 42.1 Å². The number of nitrogens with zero attached hydrogens (tertiary/aromatic N) is 5. The molecular formula is C31H42F3N7O6S. The molecule has 1 aromatic heterocycles. The molecule has 2 atom stereocenters. The lowest BCUT2D eigenvalue weighted by Crippen LogP contribution is -2.62. The van der Waals surface area contributed by atoms with Crippen LogP contribution in [-0.2, 0) is 14.9 Å². The third kappa shape index (κ3) is 7.70. The molecule has 48 heavy (non-hydrogen) atoms. The summed E-state index contributed by atoms with van der Waals surface area (Å²) in [7, 11) is -3.85. The van der Waals surface area contributed by atoms with Gasteiger partial charge in [-0.25, -0.2) is 28.3 Å². The first-order chi connectivity index (χ1) is 22.5. The number of anilines is 1. The Morgan fingerprint density at radius 1 is 1.21 bits per heavy atom. The van der Waals surface area contributed by atoms with Crippen LogP contribution < -0.4 is 19.5 Å². The van der Waals surface area contributed by atoms with Crippen LogP contribution in [0, 0.1) is 11.2 Å². The van der Waals surface area contributed by atoms with Crippen LogP contribution in [0.15, 0.2) is 30.7 Å². The maximum atomic E-state index is 14.4. The van der Waals surface area contributed by atoms with Gasteiger partial charge in [0.2, 0.25) is 0 Å². The normalized spacial score (nSPS) is 25.8. The predicted octanol–water partition coefficient (Wildman–Crippen LogP) is 2.62. The van der Waals surface area contributed by atoms with Crippen LogP contribution in [-0.4, -0.2) is 108 Å².